The van der Waals surface area contributed by atoms with Crippen LogP contribution >= 0.6 is 11.8 Å². The number of carbonyl (C=O) groups excluding carboxylic acids is 1. The number of nitriles is 1. The fourth-order valence-electron chi connectivity index (χ4n) is 2.46. The normalized spacial score (nSPS) is 17.9. The van der Waals surface area contributed by atoms with E-state index in [1.165, 1.54) is 11.8 Å². The van der Waals surface area contributed by atoms with E-state index in [0.717, 1.165) is 23.5 Å². The lowest BCUT2D eigenvalue weighted by molar-refractivity contribution is -0.120. The predicted octanol–water partition coefficient (Wildman–Crippen LogP) is 3.57. The highest BCUT2D eigenvalue weighted by Crippen LogP contribution is 2.39. The molecule has 22 heavy (non-hydrogen) atoms. The van der Waals surface area contributed by atoms with Crippen molar-refractivity contribution in [1.82, 2.24) is 5.32 Å². The van der Waals surface area contributed by atoms with Crippen LogP contribution in [0.1, 0.15) is 38.2 Å². The van der Waals surface area contributed by atoms with Gasteiger partial charge in [-0.05, 0) is 25.2 Å². The Bertz CT molecular complexity index is 619. The Morgan fingerprint density at radius 3 is 2.86 bits per heavy atom. The minimum atomic E-state index is -0.235. The summed E-state index contributed by atoms with van der Waals surface area (Å²) in [6.07, 6.45) is 1.27. The third-order valence-corrected chi connectivity index (χ3v) is 4.62. The van der Waals surface area contributed by atoms with Crippen LogP contribution in [0, 0.1) is 11.3 Å². The molecule has 0 saturated heterocycles. The summed E-state index contributed by atoms with van der Waals surface area (Å²) in [5.74, 6) is 1.34. The first kappa shape index (κ1) is 16.4. The van der Waals surface area contributed by atoms with Crippen LogP contribution in [0.2, 0.25) is 0 Å². The predicted molar refractivity (Wildman–Crippen MR) is 88.5 cm³/mol. The summed E-state index contributed by atoms with van der Waals surface area (Å²) >= 11 is 1.54. The summed E-state index contributed by atoms with van der Waals surface area (Å²) in [7, 11) is 0. The molecule has 4 nitrogen and oxygen atoms in total. The van der Waals surface area contributed by atoms with Crippen molar-refractivity contribution in [2.45, 2.75) is 32.6 Å². The van der Waals surface area contributed by atoms with Crippen LogP contribution in [0.3, 0.4) is 0 Å². The number of thioether (sulfide) groups is 1. The van der Waals surface area contributed by atoms with Crippen molar-refractivity contribution in [1.29, 1.82) is 5.26 Å². The molecular weight excluding hydrogens is 296 g/mol. The van der Waals surface area contributed by atoms with Crippen molar-refractivity contribution in [2.75, 3.05) is 12.4 Å². The van der Waals surface area contributed by atoms with Gasteiger partial charge in [0.15, 0.2) is 0 Å². The van der Waals surface area contributed by atoms with Gasteiger partial charge in [0.2, 0.25) is 5.91 Å². The van der Waals surface area contributed by atoms with Crippen molar-refractivity contribution < 1.29 is 9.53 Å². The first-order valence-electron chi connectivity index (χ1n) is 7.49. The number of nitrogens with zero attached hydrogens (tertiary/aromatic N) is 1. The van der Waals surface area contributed by atoms with Gasteiger partial charge in [-0.15, -0.1) is 11.8 Å². The van der Waals surface area contributed by atoms with Crippen LogP contribution in [-0.4, -0.2) is 18.3 Å². The average molecular weight is 316 g/mol. The summed E-state index contributed by atoms with van der Waals surface area (Å²) < 4.78 is 5.66. The molecule has 1 aromatic rings. The summed E-state index contributed by atoms with van der Waals surface area (Å²) in [6, 6.07) is 9.93. The number of benzene rings is 1. The lowest BCUT2D eigenvalue weighted by atomic mass is 9.86. The number of para-hydroxylation sites is 1. The SMILES string of the molecule is CCCSC1=C(C#N)[C@H](c2ccccc2OCC)CC(=O)N1. The minimum Gasteiger partial charge on any atom is -0.494 e. The largest absolute Gasteiger partial charge is 0.494 e. The van der Waals surface area contributed by atoms with Crippen molar-refractivity contribution >= 4 is 17.7 Å². The molecule has 1 aliphatic heterocycles. The molecule has 0 aromatic heterocycles. The highest BCUT2D eigenvalue weighted by atomic mass is 32.2. The molecule has 0 radical (unpaired) electrons. The summed E-state index contributed by atoms with van der Waals surface area (Å²) in [5, 5.41) is 13.1. The molecule has 2 rings (SSSR count). The van der Waals surface area contributed by atoms with E-state index < -0.39 is 0 Å². The van der Waals surface area contributed by atoms with E-state index in [9.17, 15) is 10.1 Å². The Kier molecular flexibility index (Phi) is 5.91. The number of rotatable bonds is 6. The first-order valence-corrected chi connectivity index (χ1v) is 8.48. The molecule has 1 aliphatic rings. The molecule has 116 valence electrons. The molecule has 0 fully saturated rings. The van der Waals surface area contributed by atoms with Gasteiger partial charge < -0.3 is 10.1 Å². The number of carbonyl (C=O) groups is 1. The van der Waals surface area contributed by atoms with E-state index in [1.807, 2.05) is 31.2 Å². The summed E-state index contributed by atoms with van der Waals surface area (Å²) in [6.45, 7) is 4.55. The van der Waals surface area contributed by atoms with Crippen molar-refractivity contribution in [3.8, 4) is 11.8 Å². The van der Waals surface area contributed by atoms with Crippen LogP contribution in [0.5, 0.6) is 5.75 Å². The van der Waals surface area contributed by atoms with Crippen LogP contribution in [0.15, 0.2) is 34.9 Å². The van der Waals surface area contributed by atoms with Gasteiger partial charge in [0.05, 0.1) is 23.3 Å². The Balaban J connectivity index is 2.44. The van der Waals surface area contributed by atoms with Crippen molar-refractivity contribution in [2.24, 2.45) is 0 Å². The monoisotopic (exact) mass is 316 g/mol. The summed E-state index contributed by atoms with van der Waals surface area (Å²) in [4.78, 5) is 12.0. The molecule has 5 heteroatoms. The van der Waals surface area contributed by atoms with E-state index in [1.54, 1.807) is 0 Å². The molecule has 1 amide bonds. The minimum absolute atomic E-state index is 0.0473. The zero-order chi connectivity index (χ0) is 15.9. The number of ether oxygens (including phenoxy) is 1. The number of amides is 1. The standard InChI is InChI=1S/C17H20N2O2S/c1-3-9-22-17-14(11-18)13(10-16(20)19-17)12-7-5-6-8-15(12)21-4-2/h5-8,13H,3-4,9-10H2,1-2H3,(H,19,20)/t13-/m0/s1. The van der Waals surface area contributed by atoms with Crippen LogP contribution in [-0.2, 0) is 4.79 Å². The van der Waals surface area contributed by atoms with Crippen LogP contribution in [0.4, 0.5) is 0 Å². The fourth-order valence-corrected chi connectivity index (χ4v) is 3.40. The molecular formula is C17H20N2O2S. The number of hydrogen-bond acceptors (Lipinski definition) is 4. The fraction of sp³-hybridized carbons (Fsp3) is 0.412. The number of nitrogens with one attached hydrogen (secondary N) is 1. The third kappa shape index (κ3) is 3.63. The molecule has 0 saturated carbocycles. The first-order chi connectivity index (χ1) is 10.7. The highest BCUT2D eigenvalue weighted by Gasteiger charge is 2.31. The lowest BCUT2D eigenvalue weighted by Crippen LogP contribution is -2.31. The van der Waals surface area contributed by atoms with Gasteiger partial charge in [-0.2, -0.15) is 5.26 Å². The van der Waals surface area contributed by atoms with E-state index in [2.05, 4.69) is 18.3 Å². The van der Waals surface area contributed by atoms with Crippen LogP contribution < -0.4 is 10.1 Å². The second-order valence-electron chi connectivity index (χ2n) is 4.98. The zero-order valence-corrected chi connectivity index (χ0v) is 13.7. The Morgan fingerprint density at radius 1 is 1.41 bits per heavy atom. The molecule has 1 N–H and O–H groups in total. The smallest absolute Gasteiger partial charge is 0.225 e. The second-order valence-corrected chi connectivity index (χ2v) is 6.08. The van der Waals surface area contributed by atoms with E-state index in [-0.39, 0.29) is 18.2 Å². The lowest BCUT2D eigenvalue weighted by Gasteiger charge is -2.26. The molecule has 0 spiro atoms. The maximum Gasteiger partial charge on any atom is 0.225 e. The van der Waals surface area contributed by atoms with Gasteiger partial charge in [0.25, 0.3) is 0 Å². The Morgan fingerprint density at radius 2 is 2.18 bits per heavy atom. The topological polar surface area (TPSA) is 62.1 Å². The van der Waals surface area contributed by atoms with Gasteiger partial charge in [-0.25, -0.2) is 0 Å². The van der Waals surface area contributed by atoms with Crippen LogP contribution in [0.25, 0.3) is 0 Å². The van der Waals surface area contributed by atoms with Gasteiger partial charge in [0, 0.05) is 17.9 Å². The quantitative estimate of drug-likeness (QED) is 0.871. The second kappa shape index (κ2) is 7.90. The molecule has 0 bridgehead atoms. The maximum atomic E-state index is 12.0. The van der Waals surface area contributed by atoms with E-state index in [4.69, 9.17) is 4.74 Å². The number of hydrogen-bond donors (Lipinski definition) is 1. The number of allylic oxidation sites excluding steroid dienone is 1. The third-order valence-electron chi connectivity index (χ3n) is 3.40. The van der Waals surface area contributed by atoms with E-state index in [0.29, 0.717) is 17.2 Å². The maximum absolute atomic E-state index is 12.0. The van der Waals surface area contributed by atoms with Gasteiger partial charge in [-0.1, -0.05) is 25.1 Å². The Hall–Kier alpha value is -1.93. The summed E-state index contributed by atoms with van der Waals surface area (Å²) in [5.41, 5.74) is 1.54. The molecule has 0 aliphatic carbocycles. The van der Waals surface area contributed by atoms with Gasteiger partial charge in [0.1, 0.15) is 5.75 Å². The molecule has 1 heterocycles. The van der Waals surface area contributed by atoms with Gasteiger partial charge >= 0.3 is 0 Å². The molecule has 1 atom stereocenters. The average Bonchev–Trinajstić information content (AvgIpc) is 2.53. The van der Waals surface area contributed by atoms with E-state index >= 15 is 0 Å². The Labute approximate surface area is 135 Å². The highest BCUT2D eigenvalue weighted by molar-refractivity contribution is 8.03. The molecule has 0 unspecified atom stereocenters. The van der Waals surface area contributed by atoms with Gasteiger partial charge in [-0.3, -0.25) is 4.79 Å². The molecule has 1 aromatic carbocycles. The van der Waals surface area contributed by atoms with Crippen molar-refractivity contribution in [3.63, 3.8) is 0 Å². The zero-order valence-electron chi connectivity index (χ0n) is 12.9. The van der Waals surface area contributed by atoms with Crippen molar-refractivity contribution in [3.05, 3.63) is 40.4 Å².